The summed E-state index contributed by atoms with van der Waals surface area (Å²) < 4.78 is 6.71. The third-order valence-electron chi connectivity index (χ3n) is 8.81. The zero-order valence-corrected chi connectivity index (χ0v) is 30.0. The van der Waals surface area contributed by atoms with Crippen molar-refractivity contribution in [2.24, 2.45) is 5.10 Å². The Morgan fingerprint density at radius 2 is 1.57 bits per heavy atom. The van der Waals surface area contributed by atoms with Gasteiger partial charge in [0.15, 0.2) is 0 Å². The van der Waals surface area contributed by atoms with E-state index in [0.29, 0.717) is 22.5 Å². The van der Waals surface area contributed by atoms with Gasteiger partial charge in [-0.1, -0.05) is 38.1 Å². The van der Waals surface area contributed by atoms with E-state index in [1.807, 2.05) is 61.0 Å². The zero-order valence-electron chi connectivity index (χ0n) is 30.0. The molecule has 4 aromatic carbocycles. The molecule has 2 heterocycles. The Bertz CT molecular complexity index is 2250. The van der Waals surface area contributed by atoms with Gasteiger partial charge >= 0.3 is 11.9 Å². The first-order chi connectivity index (χ1) is 25.3. The fourth-order valence-corrected chi connectivity index (χ4v) is 5.83. The first kappa shape index (κ1) is 37.6. The molecule has 0 saturated carbocycles. The summed E-state index contributed by atoms with van der Waals surface area (Å²) in [5.41, 5.74) is 6.12. The van der Waals surface area contributed by atoms with E-state index >= 15 is 0 Å². The molecule has 1 aromatic heterocycles. The Kier molecular flexibility index (Phi) is 11.4. The van der Waals surface area contributed by atoms with Crippen LogP contribution in [0.25, 0.3) is 17.0 Å². The van der Waals surface area contributed by atoms with Crippen molar-refractivity contribution in [3.8, 4) is 11.5 Å². The number of phenolic OH excluding ortho intramolecular Hbond substituents is 2. The fraction of sp³-hybridized carbons (Fsp3) is 0.195. The number of amides is 2. The minimum absolute atomic E-state index is 0.0142. The number of hydrazone groups is 1. The molecule has 53 heavy (non-hydrogen) atoms. The van der Waals surface area contributed by atoms with Gasteiger partial charge in [-0.05, 0) is 98.5 Å². The summed E-state index contributed by atoms with van der Waals surface area (Å²) in [7, 11) is 1.35. The number of fused-ring (bicyclic) bond motifs is 1. The Morgan fingerprint density at radius 1 is 0.906 bits per heavy atom. The van der Waals surface area contributed by atoms with Gasteiger partial charge in [-0.3, -0.25) is 9.59 Å². The number of nitrogens with one attached hydrogen (secondary N) is 1. The van der Waals surface area contributed by atoms with Crippen molar-refractivity contribution in [2.75, 3.05) is 17.4 Å². The van der Waals surface area contributed by atoms with E-state index in [2.05, 4.69) is 16.5 Å². The number of ether oxygens (including phenoxy) is 1. The maximum Gasteiger partial charge on any atom is 0.335 e. The highest BCUT2D eigenvalue weighted by atomic mass is 16.5. The van der Waals surface area contributed by atoms with Gasteiger partial charge in [0.05, 0.1) is 35.3 Å². The highest BCUT2D eigenvalue weighted by Gasteiger charge is 2.29. The second-order valence-electron chi connectivity index (χ2n) is 12.3. The van der Waals surface area contributed by atoms with Crippen LogP contribution in [-0.4, -0.2) is 56.5 Å². The predicted octanol–water partition coefficient (Wildman–Crippen LogP) is 7.35. The molecular formula is C41H40N4O8. The lowest BCUT2D eigenvalue weighted by molar-refractivity contribution is -0.143. The Morgan fingerprint density at radius 3 is 2.19 bits per heavy atom. The second kappa shape index (κ2) is 16.1. The SMILES string of the molecule is CCc1cc(CC)cc(C(=O)Nc2cc(O)ccc2O)c1.COC(=O)C(C)n1cc(C=C2C(=O)N(c3ccc(C(=O)O)cc3)N=C2C)c2ccccc21. The van der Waals surface area contributed by atoms with Crippen LogP contribution in [0.5, 0.6) is 11.5 Å². The van der Waals surface area contributed by atoms with E-state index in [0.717, 1.165) is 40.4 Å². The number of phenols is 2. The van der Waals surface area contributed by atoms with Crippen LogP contribution < -0.4 is 10.3 Å². The molecule has 1 aliphatic rings. The van der Waals surface area contributed by atoms with Crippen LogP contribution in [0.2, 0.25) is 0 Å². The van der Waals surface area contributed by atoms with Gasteiger partial charge < -0.3 is 29.9 Å². The lowest BCUT2D eigenvalue weighted by Crippen LogP contribution is -2.21. The molecule has 5 aromatic rings. The van der Waals surface area contributed by atoms with Crippen LogP contribution >= 0.6 is 0 Å². The van der Waals surface area contributed by atoms with Crippen molar-refractivity contribution in [1.29, 1.82) is 0 Å². The number of para-hydroxylation sites is 1. The Balaban J connectivity index is 0.000000224. The molecule has 0 radical (unpaired) electrons. The van der Waals surface area contributed by atoms with E-state index in [1.165, 1.54) is 42.5 Å². The number of anilines is 2. The number of aromatic hydroxyl groups is 2. The average Bonchev–Trinajstić information content (AvgIpc) is 3.68. The Labute approximate surface area is 306 Å². The quantitative estimate of drug-likeness (QED) is 0.0531. The summed E-state index contributed by atoms with van der Waals surface area (Å²) in [4.78, 5) is 48.6. The largest absolute Gasteiger partial charge is 0.508 e. The molecular weight excluding hydrogens is 676 g/mol. The molecule has 0 aliphatic carbocycles. The van der Waals surface area contributed by atoms with Crippen LogP contribution in [-0.2, 0) is 27.2 Å². The van der Waals surface area contributed by atoms with Crippen molar-refractivity contribution in [1.82, 2.24) is 4.57 Å². The van der Waals surface area contributed by atoms with E-state index in [1.54, 1.807) is 32.1 Å². The van der Waals surface area contributed by atoms with E-state index in [4.69, 9.17) is 9.84 Å². The first-order valence-corrected chi connectivity index (χ1v) is 16.9. The van der Waals surface area contributed by atoms with Crippen molar-refractivity contribution in [2.45, 2.75) is 46.6 Å². The smallest absolute Gasteiger partial charge is 0.335 e. The molecule has 6 rings (SSSR count). The number of aryl methyl sites for hydroxylation is 2. The van der Waals surface area contributed by atoms with Crippen molar-refractivity contribution < 1.29 is 39.2 Å². The topological polar surface area (TPSA) is 171 Å². The number of aromatic carboxylic acids is 1. The summed E-state index contributed by atoms with van der Waals surface area (Å²) in [5.74, 6) is -2.12. The number of carboxylic acids is 1. The standard InChI is InChI=1S/C24H21N3O5.C17H19NO3/c1-14-20(22(28)27(25-14)18-10-8-16(9-11-18)23(29)30)12-17-13-26(15(2)24(31)32-3)21-7-5-4-6-19(17)21;1-3-11-7-12(4-2)9-13(8-11)17(21)18-15-10-14(19)5-6-16(15)20/h4-13,15H,1-3H3,(H,29,30);5-10,19-20H,3-4H2,1-2H3,(H,18,21). The van der Waals surface area contributed by atoms with Crippen LogP contribution in [0.15, 0.2) is 102 Å². The molecule has 1 unspecified atom stereocenters. The number of hydrogen-bond donors (Lipinski definition) is 4. The van der Waals surface area contributed by atoms with Gasteiger partial charge in [0.25, 0.3) is 11.8 Å². The molecule has 0 bridgehead atoms. The molecule has 12 heteroatoms. The van der Waals surface area contributed by atoms with Gasteiger partial charge in [-0.2, -0.15) is 10.1 Å². The molecule has 0 spiro atoms. The van der Waals surface area contributed by atoms with Gasteiger partial charge in [-0.15, -0.1) is 0 Å². The number of carbonyl (C=O) groups excluding carboxylic acids is 3. The monoisotopic (exact) mass is 716 g/mol. The summed E-state index contributed by atoms with van der Waals surface area (Å²) in [6.07, 6.45) is 5.29. The molecule has 0 saturated heterocycles. The highest BCUT2D eigenvalue weighted by Crippen LogP contribution is 2.31. The fourth-order valence-electron chi connectivity index (χ4n) is 5.83. The number of carbonyl (C=O) groups is 4. The number of nitrogens with zero attached hydrogens (tertiary/aromatic N) is 3. The minimum Gasteiger partial charge on any atom is -0.508 e. The van der Waals surface area contributed by atoms with E-state index in [-0.39, 0.29) is 40.5 Å². The van der Waals surface area contributed by atoms with Gasteiger partial charge in [0.1, 0.15) is 17.5 Å². The molecule has 272 valence electrons. The van der Waals surface area contributed by atoms with Crippen LogP contribution in [0.1, 0.15) is 71.1 Å². The van der Waals surface area contributed by atoms with Crippen LogP contribution in [0, 0.1) is 0 Å². The number of benzene rings is 4. The summed E-state index contributed by atoms with van der Waals surface area (Å²) in [5, 5.41) is 37.3. The molecule has 0 fully saturated rings. The third-order valence-corrected chi connectivity index (χ3v) is 8.81. The van der Waals surface area contributed by atoms with Gasteiger partial charge in [-0.25, -0.2) is 9.59 Å². The maximum atomic E-state index is 13.1. The molecule has 12 nitrogen and oxygen atoms in total. The van der Waals surface area contributed by atoms with Crippen molar-refractivity contribution in [3.05, 3.63) is 125 Å². The van der Waals surface area contributed by atoms with Crippen molar-refractivity contribution >= 4 is 57.8 Å². The maximum absolute atomic E-state index is 13.1. The van der Waals surface area contributed by atoms with E-state index in [9.17, 15) is 29.4 Å². The number of esters is 1. The lowest BCUT2D eigenvalue weighted by Gasteiger charge is -2.12. The van der Waals surface area contributed by atoms with Gasteiger partial charge in [0.2, 0.25) is 0 Å². The summed E-state index contributed by atoms with van der Waals surface area (Å²) >= 11 is 0. The van der Waals surface area contributed by atoms with Crippen LogP contribution in [0.4, 0.5) is 11.4 Å². The number of aromatic nitrogens is 1. The highest BCUT2D eigenvalue weighted by molar-refractivity contribution is 6.32. The minimum atomic E-state index is -1.04. The van der Waals surface area contributed by atoms with Gasteiger partial charge in [0, 0.05) is 34.3 Å². The third kappa shape index (κ3) is 8.28. The first-order valence-electron chi connectivity index (χ1n) is 16.9. The molecule has 4 N–H and O–H groups in total. The predicted molar refractivity (Wildman–Crippen MR) is 204 cm³/mol. The summed E-state index contributed by atoms with van der Waals surface area (Å²) in [6.45, 7) is 7.58. The lowest BCUT2D eigenvalue weighted by atomic mass is 10.0. The van der Waals surface area contributed by atoms with Crippen LogP contribution in [0.3, 0.4) is 0 Å². The average molecular weight is 717 g/mol. The molecule has 1 atom stereocenters. The normalized spacial score (nSPS) is 13.7. The number of hydrogen-bond acceptors (Lipinski definition) is 8. The number of methoxy groups -OCH3 is 1. The van der Waals surface area contributed by atoms with E-state index < -0.39 is 12.0 Å². The molecule has 2 amide bonds. The molecule has 1 aliphatic heterocycles. The second-order valence-corrected chi connectivity index (χ2v) is 12.3. The Hall–Kier alpha value is -6.69. The number of rotatable bonds is 9. The number of carboxylic acid groups (broad SMARTS) is 1. The van der Waals surface area contributed by atoms with Crippen molar-refractivity contribution in [3.63, 3.8) is 0 Å². The summed E-state index contributed by atoms with van der Waals surface area (Å²) in [6, 6.07) is 22.8. The zero-order chi connectivity index (χ0) is 38.4.